The van der Waals surface area contributed by atoms with Crippen LogP contribution in [0.15, 0.2) is 0 Å². The molecule has 0 saturated heterocycles. The zero-order chi connectivity index (χ0) is 10.1. The third-order valence-corrected chi connectivity index (χ3v) is 2.18. The van der Waals surface area contributed by atoms with Crippen LogP contribution in [0, 0.1) is 5.92 Å². The summed E-state index contributed by atoms with van der Waals surface area (Å²) in [6.45, 7) is 7.10. The fourth-order valence-electron chi connectivity index (χ4n) is 1.48. The lowest BCUT2D eigenvalue weighted by atomic mass is 9.94. The molecule has 0 fully saturated rings. The Morgan fingerprint density at radius 2 is 1.69 bits per heavy atom. The van der Waals surface area contributed by atoms with Crippen molar-refractivity contribution in [1.29, 1.82) is 0 Å². The molecule has 0 aromatic heterocycles. The maximum atomic E-state index is 11.6. The van der Waals surface area contributed by atoms with Crippen LogP contribution < -0.4 is 0 Å². The normalized spacial score (nSPS) is 10.8. The molecule has 0 aliphatic rings. The third-order valence-electron chi connectivity index (χ3n) is 2.18. The fraction of sp³-hybridized carbons (Fsp3) is 0.909. The lowest BCUT2D eigenvalue weighted by molar-refractivity contribution is -0.127. The number of rotatable bonds is 8. The Hall–Kier alpha value is -0.370. The molecule has 0 N–H and O–H groups in total. The zero-order valence-electron chi connectivity index (χ0n) is 9.14. The van der Waals surface area contributed by atoms with E-state index in [0.29, 0.717) is 13.2 Å². The molecule has 0 atom stereocenters. The molecular formula is C11H22O2. The van der Waals surface area contributed by atoms with Gasteiger partial charge in [0.15, 0.2) is 5.78 Å². The van der Waals surface area contributed by atoms with Crippen LogP contribution in [0.5, 0.6) is 0 Å². The van der Waals surface area contributed by atoms with E-state index in [1.54, 1.807) is 0 Å². The molecule has 0 spiro atoms. The molecule has 2 nitrogen and oxygen atoms in total. The van der Waals surface area contributed by atoms with Crippen LogP contribution in [0.4, 0.5) is 0 Å². The van der Waals surface area contributed by atoms with Crippen LogP contribution in [0.1, 0.15) is 46.5 Å². The minimum absolute atomic E-state index is 0.238. The number of Topliss-reactive ketones (excluding diaryl/α,β-unsaturated/α-hetero) is 1. The van der Waals surface area contributed by atoms with Gasteiger partial charge in [-0.15, -0.1) is 0 Å². The molecule has 0 radical (unpaired) electrons. The quantitative estimate of drug-likeness (QED) is 0.582. The van der Waals surface area contributed by atoms with Gasteiger partial charge in [0.25, 0.3) is 0 Å². The highest BCUT2D eigenvalue weighted by Gasteiger charge is 2.15. The number of carbonyl (C=O) groups excluding carboxylic acids is 1. The van der Waals surface area contributed by atoms with Gasteiger partial charge in [-0.05, 0) is 19.8 Å². The standard InChI is InChI=1S/C11H22O2/c1-4-7-10(8-5-2)11(12)9-13-6-3/h10H,4-9H2,1-3H3. The van der Waals surface area contributed by atoms with Crippen molar-refractivity contribution in [3.05, 3.63) is 0 Å². The van der Waals surface area contributed by atoms with E-state index < -0.39 is 0 Å². The summed E-state index contributed by atoms with van der Waals surface area (Å²) >= 11 is 0. The Morgan fingerprint density at radius 1 is 1.15 bits per heavy atom. The van der Waals surface area contributed by atoms with Crippen LogP contribution in [0.2, 0.25) is 0 Å². The molecular weight excluding hydrogens is 164 g/mol. The summed E-state index contributed by atoms with van der Waals surface area (Å²) in [6, 6.07) is 0. The van der Waals surface area contributed by atoms with Gasteiger partial charge in [0.2, 0.25) is 0 Å². The summed E-state index contributed by atoms with van der Waals surface area (Å²) in [5.41, 5.74) is 0. The van der Waals surface area contributed by atoms with Gasteiger partial charge in [0, 0.05) is 12.5 Å². The van der Waals surface area contributed by atoms with Crippen LogP contribution in [-0.2, 0) is 9.53 Å². The third kappa shape index (κ3) is 5.81. The largest absolute Gasteiger partial charge is 0.374 e. The molecule has 0 saturated carbocycles. The first-order chi connectivity index (χ1) is 6.26. The minimum atomic E-state index is 0.238. The predicted molar refractivity (Wildman–Crippen MR) is 54.8 cm³/mol. The fourth-order valence-corrected chi connectivity index (χ4v) is 1.48. The van der Waals surface area contributed by atoms with Crippen LogP contribution in [0.25, 0.3) is 0 Å². The van der Waals surface area contributed by atoms with Crippen molar-refractivity contribution in [3.8, 4) is 0 Å². The average Bonchev–Trinajstić information content (AvgIpc) is 2.14. The number of ketones is 1. The van der Waals surface area contributed by atoms with Crippen molar-refractivity contribution in [1.82, 2.24) is 0 Å². The Kier molecular flexibility index (Phi) is 8.00. The van der Waals surface area contributed by atoms with Gasteiger partial charge in [-0.3, -0.25) is 4.79 Å². The smallest absolute Gasteiger partial charge is 0.161 e. The first-order valence-corrected chi connectivity index (χ1v) is 5.36. The van der Waals surface area contributed by atoms with Crippen molar-refractivity contribution in [3.63, 3.8) is 0 Å². The number of hydrogen-bond donors (Lipinski definition) is 0. The van der Waals surface area contributed by atoms with Gasteiger partial charge in [-0.1, -0.05) is 26.7 Å². The SMILES string of the molecule is CCCC(CCC)C(=O)COCC. The molecule has 78 valence electrons. The Balaban J connectivity index is 3.80. The number of ether oxygens (including phenoxy) is 1. The van der Waals surface area contributed by atoms with E-state index >= 15 is 0 Å². The number of carbonyl (C=O) groups is 1. The summed E-state index contributed by atoms with van der Waals surface area (Å²) in [4.78, 5) is 11.6. The first-order valence-electron chi connectivity index (χ1n) is 5.36. The lowest BCUT2D eigenvalue weighted by Crippen LogP contribution is -2.19. The van der Waals surface area contributed by atoms with Crippen molar-refractivity contribution < 1.29 is 9.53 Å². The molecule has 0 rings (SSSR count). The molecule has 0 bridgehead atoms. The second kappa shape index (κ2) is 8.24. The highest BCUT2D eigenvalue weighted by molar-refractivity contribution is 5.82. The van der Waals surface area contributed by atoms with Gasteiger partial charge in [0.1, 0.15) is 6.61 Å². The molecule has 0 aliphatic heterocycles. The van der Waals surface area contributed by atoms with Crippen molar-refractivity contribution in [2.24, 2.45) is 5.92 Å². The van der Waals surface area contributed by atoms with Gasteiger partial charge in [-0.2, -0.15) is 0 Å². The van der Waals surface area contributed by atoms with Crippen LogP contribution in [-0.4, -0.2) is 19.0 Å². The summed E-state index contributed by atoms with van der Waals surface area (Å²) in [5.74, 6) is 0.520. The molecule has 0 unspecified atom stereocenters. The van der Waals surface area contributed by atoms with Crippen molar-refractivity contribution in [2.45, 2.75) is 46.5 Å². The maximum absolute atomic E-state index is 11.6. The Morgan fingerprint density at radius 3 is 2.08 bits per heavy atom. The molecule has 0 aromatic carbocycles. The summed E-state index contributed by atoms with van der Waals surface area (Å²) in [7, 11) is 0. The van der Waals surface area contributed by atoms with Gasteiger partial charge >= 0.3 is 0 Å². The van der Waals surface area contributed by atoms with Crippen molar-refractivity contribution in [2.75, 3.05) is 13.2 Å². The lowest BCUT2D eigenvalue weighted by Gasteiger charge is -2.13. The molecule has 0 heterocycles. The molecule has 0 aromatic rings. The topological polar surface area (TPSA) is 26.3 Å². The molecule has 2 heteroatoms. The van der Waals surface area contributed by atoms with Gasteiger partial charge in [0.05, 0.1) is 0 Å². The van der Waals surface area contributed by atoms with Crippen LogP contribution in [0.3, 0.4) is 0 Å². The van der Waals surface area contributed by atoms with E-state index in [0.717, 1.165) is 25.7 Å². The Bertz CT molecular complexity index is 126. The highest BCUT2D eigenvalue weighted by Crippen LogP contribution is 2.14. The molecule has 13 heavy (non-hydrogen) atoms. The maximum Gasteiger partial charge on any atom is 0.161 e. The summed E-state index contributed by atoms with van der Waals surface area (Å²) in [6.07, 6.45) is 4.20. The predicted octanol–water partition coefficient (Wildman–Crippen LogP) is 2.81. The molecule has 0 aliphatic carbocycles. The Labute approximate surface area is 81.7 Å². The molecule has 0 amide bonds. The zero-order valence-corrected chi connectivity index (χ0v) is 9.14. The van der Waals surface area contributed by atoms with Gasteiger partial charge < -0.3 is 4.74 Å². The second-order valence-corrected chi connectivity index (χ2v) is 3.38. The monoisotopic (exact) mass is 186 g/mol. The van der Waals surface area contributed by atoms with E-state index in [2.05, 4.69) is 13.8 Å². The number of hydrogen-bond acceptors (Lipinski definition) is 2. The van der Waals surface area contributed by atoms with Crippen molar-refractivity contribution >= 4 is 5.78 Å². The highest BCUT2D eigenvalue weighted by atomic mass is 16.5. The first kappa shape index (κ1) is 12.6. The second-order valence-electron chi connectivity index (χ2n) is 3.38. The van der Waals surface area contributed by atoms with Gasteiger partial charge in [-0.25, -0.2) is 0 Å². The van der Waals surface area contributed by atoms with E-state index in [-0.39, 0.29) is 11.7 Å². The minimum Gasteiger partial charge on any atom is -0.374 e. The van der Waals surface area contributed by atoms with E-state index in [9.17, 15) is 4.79 Å². The van der Waals surface area contributed by atoms with Crippen LogP contribution >= 0.6 is 0 Å². The van der Waals surface area contributed by atoms with E-state index in [1.807, 2.05) is 6.92 Å². The summed E-state index contributed by atoms with van der Waals surface area (Å²) in [5, 5.41) is 0. The van der Waals surface area contributed by atoms with E-state index in [1.165, 1.54) is 0 Å². The summed E-state index contributed by atoms with van der Waals surface area (Å²) < 4.78 is 5.12. The van der Waals surface area contributed by atoms with E-state index in [4.69, 9.17) is 4.74 Å². The average molecular weight is 186 g/mol.